The third kappa shape index (κ3) is 4.30. The van der Waals surface area contributed by atoms with Crippen molar-refractivity contribution in [3.05, 3.63) is 65.2 Å². The first-order valence-corrected chi connectivity index (χ1v) is 8.64. The topological polar surface area (TPSA) is 49.4 Å². The molecule has 1 heterocycles. The fraction of sp³-hybridized carbons (Fsp3) is 0.300. The van der Waals surface area contributed by atoms with Crippen LogP contribution < -0.4 is 10.2 Å². The smallest absolute Gasteiger partial charge is 0.346 e. The van der Waals surface area contributed by atoms with Crippen LogP contribution in [0.3, 0.4) is 0 Å². The van der Waals surface area contributed by atoms with Gasteiger partial charge < -0.3 is 10.2 Å². The van der Waals surface area contributed by atoms with Crippen molar-refractivity contribution in [2.45, 2.75) is 32.0 Å². The molecule has 2 amide bonds. The monoisotopic (exact) mass is 376 g/mol. The van der Waals surface area contributed by atoms with Crippen LogP contribution in [-0.4, -0.2) is 18.4 Å². The molecule has 0 spiro atoms. The van der Waals surface area contributed by atoms with E-state index in [1.54, 1.807) is 42.2 Å². The van der Waals surface area contributed by atoms with E-state index in [1.165, 1.54) is 6.07 Å². The molecule has 4 nitrogen and oxygen atoms in total. The third-order valence-electron chi connectivity index (χ3n) is 4.55. The molecule has 1 N–H and O–H groups in total. The first-order valence-electron chi connectivity index (χ1n) is 8.64. The fourth-order valence-corrected chi connectivity index (χ4v) is 3.08. The van der Waals surface area contributed by atoms with Gasteiger partial charge in [0.25, 0.3) is 5.91 Å². The summed E-state index contributed by atoms with van der Waals surface area (Å²) in [5.41, 5.74) is 0.614. The maximum Gasteiger partial charge on any atom is 0.416 e. The molecule has 2 aromatic carbocycles. The van der Waals surface area contributed by atoms with Gasteiger partial charge in [0.2, 0.25) is 5.91 Å². The van der Waals surface area contributed by atoms with Gasteiger partial charge in [-0.05, 0) is 49.2 Å². The van der Waals surface area contributed by atoms with E-state index in [1.807, 2.05) is 0 Å². The summed E-state index contributed by atoms with van der Waals surface area (Å²) in [4.78, 5) is 26.0. The number of rotatable bonds is 4. The van der Waals surface area contributed by atoms with E-state index in [2.05, 4.69) is 5.32 Å². The van der Waals surface area contributed by atoms with Gasteiger partial charge in [-0.2, -0.15) is 13.2 Å². The van der Waals surface area contributed by atoms with Crippen LogP contribution >= 0.6 is 0 Å². The molecule has 0 radical (unpaired) electrons. The van der Waals surface area contributed by atoms with Gasteiger partial charge in [-0.1, -0.05) is 18.2 Å². The molecule has 1 fully saturated rings. The number of halogens is 3. The number of carbonyl (C=O) groups is 2. The van der Waals surface area contributed by atoms with Crippen LogP contribution in [0.4, 0.5) is 18.9 Å². The molecule has 0 bridgehead atoms. The highest BCUT2D eigenvalue weighted by molar-refractivity contribution is 5.99. The first-order chi connectivity index (χ1) is 12.8. The summed E-state index contributed by atoms with van der Waals surface area (Å²) in [5, 5.41) is 2.71. The Balaban J connectivity index is 1.75. The highest BCUT2D eigenvalue weighted by Crippen LogP contribution is 2.31. The number of alkyl halides is 3. The molecule has 1 aliphatic rings. The van der Waals surface area contributed by atoms with E-state index >= 15 is 0 Å². The summed E-state index contributed by atoms with van der Waals surface area (Å²) in [6.07, 6.45) is -3.17. The molecule has 7 heteroatoms. The number of nitrogens with zero attached hydrogens (tertiary/aromatic N) is 1. The van der Waals surface area contributed by atoms with E-state index in [0.717, 1.165) is 18.6 Å². The minimum absolute atomic E-state index is 0.0184. The van der Waals surface area contributed by atoms with Gasteiger partial charge in [-0.25, -0.2) is 0 Å². The predicted molar refractivity (Wildman–Crippen MR) is 95.4 cm³/mol. The Morgan fingerprint density at radius 1 is 1.15 bits per heavy atom. The van der Waals surface area contributed by atoms with Crippen molar-refractivity contribution in [2.24, 2.45) is 0 Å². The third-order valence-corrected chi connectivity index (χ3v) is 4.55. The number of anilines is 1. The van der Waals surface area contributed by atoms with Crippen molar-refractivity contribution in [1.29, 1.82) is 0 Å². The molecule has 27 heavy (non-hydrogen) atoms. The largest absolute Gasteiger partial charge is 0.416 e. The van der Waals surface area contributed by atoms with Crippen LogP contribution in [0.15, 0.2) is 48.5 Å². The second-order valence-electron chi connectivity index (χ2n) is 6.52. The number of carbonyl (C=O) groups excluding carboxylic acids is 2. The van der Waals surface area contributed by atoms with Crippen LogP contribution in [-0.2, 0) is 11.0 Å². The number of nitrogens with one attached hydrogen (secondary N) is 1. The molecular formula is C20H19F3N2O2. The summed E-state index contributed by atoms with van der Waals surface area (Å²) in [7, 11) is 0. The van der Waals surface area contributed by atoms with E-state index in [-0.39, 0.29) is 5.91 Å². The van der Waals surface area contributed by atoms with Crippen molar-refractivity contribution >= 4 is 17.5 Å². The predicted octanol–water partition coefficient (Wildman–Crippen LogP) is 4.32. The van der Waals surface area contributed by atoms with Crippen LogP contribution in [0.25, 0.3) is 0 Å². The SMILES string of the molecule is C[C@@H](NC(=O)c1cccc(N2CCCC2=O)c1)c1cccc(C(F)(F)F)c1. The van der Waals surface area contributed by atoms with Crippen LogP contribution in [0.1, 0.15) is 47.3 Å². The maximum absolute atomic E-state index is 12.9. The zero-order chi connectivity index (χ0) is 19.6. The molecule has 0 aliphatic carbocycles. The molecule has 2 aromatic rings. The Bertz CT molecular complexity index is 864. The van der Waals surface area contributed by atoms with Gasteiger partial charge in [-0.3, -0.25) is 9.59 Å². The molecule has 1 aliphatic heterocycles. The minimum atomic E-state index is -4.43. The Morgan fingerprint density at radius 3 is 2.56 bits per heavy atom. The zero-order valence-electron chi connectivity index (χ0n) is 14.7. The molecule has 1 saturated heterocycles. The average Bonchev–Trinajstić information content (AvgIpc) is 3.07. The van der Waals surface area contributed by atoms with Gasteiger partial charge in [0, 0.05) is 24.2 Å². The lowest BCUT2D eigenvalue weighted by Crippen LogP contribution is -2.28. The van der Waals surface area contributed by atoms with Crippen molar-refractivity contribution in [3.8, 4) is 0 Å². The van der Waals surface area contributed by atoms with Crippen LogP contribution in [0.2, 0.25) is 0 Å². The number of hydrogen-bond donors (Lipinski definition) is 1. The Kier molecular flexibility index (Phi) is 5.21. The summed E-state index contributed by atoms with van der Waals surface area (Å²) < 4.78 is 38.6. The van der Waals surface area contributed by atoms with E-state index < -0.39 is 23.7 Å². The number of benzene rings is 2. The summed E-state index contributed by atoms with van der Waals surface area (Å²) in [6, 6.07) is 11.0. The lowest BCUT2D eigenvalue weighted by molar-refractivity contribution is -0.137. The minimum Gasteiger partial charge on any atom is -0.346 e. The molecule has 0 aromatic heterocycles. The van der Waals surface area contributed by atoms with E-state index in [4.69, 9.17) is 0 Å². The molecule has 0 saturated carbocycles. The highest BCUT2D eigenvalue weighted by atomic mass is 19.4. The maximum atomic E-state index is 12.9. The van der Waals surface area contributed by atoms with Crippen LogP contribution in [0.5, 0.6) is 0 Å². The lowest BCUT2D eigenvalue weighted by atomic mass is 10.0. The molecule has 3 rings (SSSR count). The van der Waals surface area contributed by atoms with E-state index in [9.17, 15) is 22.8 Å². The Hall–Kier alpha value is -2.83. The van der Waals surface area contributed by atoms with Crippen molar-refractivity contribution in [2.75, 3.05) is 11.4 Å². The highest BCUT2D eigenvalue weighted by Gasteiger charge is 2.31. The molecule has 0 unspecified atom stereocenters. The summed E-state index contributed by atoms with van der Waals surface area (Å²) in [5.74, 6) is -0.390. The summed E-state index contributed by atoms with van der Waals surface area (Å²) >= 11 is 0. The van der Waals surface area contributed by atoms with Gasteiger partial charge in [-0.15, -0.1) is 0 Å². The fourth-order valence-electron chi connectivity index (χ4n) is 3.08. The summed E-state index contributed by atoms with van der Waals surface area (Å²) in [6.45, 7) is 2.24. The quantitative estimate of drug-likeness (QED) is 0.864. The molecular weight excluding hydrogens is 357 g/mol. The standard InChI is InChI=1S/C20H19F3N2O2/c1-13(14-5-2-7-16(11-14)20(21,22)23)24-19(27)15-6-3-8-17(12-15)25-10-4-9-18(25)26/h2-3,5-8,11-13H,4,9-10H2,1H3,(H,24,27)/t13-/m1/s1. The van der Waals surface area contributed by atoms with Gasteiger partial charge in [0.05, 0.1) is 11.6 Å². The van der Waals surface area contributed by atoms with Crippen molar-refractivity contribution in [3.63, 3.8) is 0 Å². The number of hydrogen-bond acceptors (Lipinski definition) is 2. The number of amides is 2. The normalized spacial score (nSPS) is 15.7. The second-order valence-corrected chi connectivity index (χ2v) is 6.52. The second kappa shape index (κ2) is 7.42. The molecule has 142 valence electrons. The Morgan fingerprint density at radius 2 is 1.89 bits per heavy atom. The van der Waals surface area contributed by atoms with Gasteiger partial charge >= 0.3 is 6.18 Å². The van der Waals surface area contributed by atoms with E-state index in [0.29, 0.717) is 29.8 Å². The Labute approximate surface area is 155 Å². The molecule has 1 atom stereocenters. The van der Waals surface area contributed by atoms with Crippen molar-refractivity contribution in [1.82, 2.24) is 5.32 Å². The lowest BCUT2D eigenvalue weighted by Gasteiger charge is -2.18. The zero-order valence-corrected chi connectivity index (χ0v) is 14.7. The average molecular weight is 376 g/mol. The van der Waals surface area contributed by atoms with Gasteiger partial charge in [0.15, 0.2) is 0 Å². The van der Waals surface area contributed by atoms with Crippen molar-refractivity contribution < 1.29 is 22.8 Å². The van der Waals surface area contributed by atoms with Crippen LogP contribution in [0, 0.1) is 0 Å². The van der Waals surface area contributed by atoms with Gasteiger partial charge in [0.1, 0.15) is 0 Å². The first kappa shape index (κ1) is 18.9.